The number of hydrogen-bond donors (Lipinski definition) is 3. The van der Waals surface area contributed by atoms with E-state index >= 15 is 0 Å². The normalized spacial score (nSPS) is 12.8. The third kappa shape index (κ3) is 8.67. The van der Waals surface area contributed by atoms with Crippen LogP contribution in [0.3, 0.4) is 0 Å². The molecule has 1 aliphatic heterocycles. The van der Waals surface area contributed by atoms with E-state index in [-0.39, 0.29) is 5.91 Å². The van der Waals surface area contributed by atoms with Crippen LogP contribution in [0.25, 0.3) is 0 Å². The highest BCUT2D eigenvalue weighted by atomic mass is 35.5. The number of aryl methyl sites for hydroxylation is 2. The molecule has 1 unspecified atom stereocenters. The number of aldehydes is 1. The summed E-state index contributed by atoms with van der Waals surface area (Å²) in [5.74, 6) is 1.39. The van der Waals surface area contributed by atoms with Crippen LogP contribution in [0.2, 0.25) is 5.02 Å². The lowest BCUT2D eigenvalue weighted by molar-refractivity contribution is -0.156. The van der Waals surface area contributed by atoms with Crippen LogP contribution in [-0.4, -0.2) is 34.4 Å². The monoisotopic (exact) mass is 583 g/mol. The highest BCUT2D eigenvalue weighted by Gasteiger charge is 2.25. The predicted octanol–water partition coefficient (Wildman–Crippen LogP) is 6.87. The molecule has 41 heavy (non-hydrogen) atoms. The second-order valence-electron chi connectivity index (χ2n) is 8.94. The summed E-state index contributed by atoms with van der Waals surface area (Å²) in [5.41, 5.74) is 4.56. The first-order chi connectivity index (χ1) is 19.6. The van der Waals surface area contributed by atoms with Crippen LogP contribution >= 0.6 is 11.6 Å². The van der Waals surface area contributed by atoms with Gasteiger partial charge in [0.05, 0.1) is 6.20 Å². The number of benzene rings is 3. The van der Waals surface area contributed by atoms with Crippen LogP contribution < -0.4 is 20.7 Å². The zero-order valence-electron chi connectivity index (χ0n) is 21.7. The maximum absolute atomic E-state index is 12.7. The standard InChI is InChI=1S/C27H24ClN5O2.C2HF3O/c1-17(26(34)31-20-7-3-2-4-8-20)35-24-13-12-22-15-19(24)11-10-18-6-5-9-21(14-18)32-27-29-16-23(28)25(30-22)33-27;3-2(4,5)1-6/h2-9,12-17H,10-11H2,1H3,(H,31,34)(H2,29,30,32,33);1H. The lowest BCUT2D eigenvalue weighted by Gasteiger charge is -2.19. The number of amides is 1. The molecule has 4 aromatic rings. The molecule has 8 nitrogen and oxygen atoms in total. The van der Waals surface area contributed by atoms with Gasteiger partial charge >= 0.3 is 6.18 Å². The van der Waals surface area contributed by atoms with Crippen LogP contribution in [0.15, 0.2) is 79.0 Å². The number of alkyl halides is 3. The molecular formula is C29H25ClF3N5O3. The van der Waals surface area contributed by atoms with Crippen LogP contribution in [0.1, 0.15) is 18.1 Å². The van der Waals surface area contributed by atoms with Gasteiger partial charge in [0.2, 0.25) is 12.2 Å². The number of ether oxygens (including phenoxy) is 1. The van der Waals surface area contributed by atoms with Crippen LogP contribution in [0.5, 0.6) is 5.75 Å². The predicted molar refractivity (Wildman–Crippen MR) is 151 cm³/mol. The SMILES string of the molecule is CC(Oc1ccc2cc1CCc1cccc(c1)Nc1ncc(Cl)c(n1)N2)C(=O)Nc1ccccc1.O=CC(F)(F)F. The number of fused-ring (bicyclic) bond motifs is 6. The molecule has 1 amide bonds. The summed E-state index contributed by atoms with van der Waals surface area (Å²) < 4.78 is 37.4. The van der Waals surface area contributed by atoms with E-state index in [1.807, 2.05) is 60.7 Å². The molecule has 1 atom stereocenters. The maximum atomic E-state index is 12.7. The first kappa shape index (κ1) is 29.3. The Labute approximate surface area is 238 Å². The first-order valence-corrected chi connectivity index (χ1v) is 12.8. The molecule has 12 heteroatoms. The lowest BCUT2D eigenvalue weighted by atomic mass is 10.0. The summed E-state index contributed by atoms with van der Waals surface area (Å²) in [7, 11) is 0. The van der Waals surface area contributed by atoms with E-state index in [2.05, 4.69) is 38.1 Å². The molecule has 0 saturated carbocycles. The Balaban J connectivity index is 0.000000585. The van der Waals surface area contributed by atoms with Gasteiger partial charge in [-0.3, -0.25) is 9.59 Å². The summed E-state index contributed by atoms with van der Waals surface area (Å²) in [6, 6.07) is 23.2. The fourth-order valence-electron chi connectivity index (χ4n) is 3.84. The van der Waals surface area contributed by atoms with Crippen molar-refractivity contribution in [2.45, 2.75) is 32.0 Å². The van der Waals surface area contributed by atoms with Crippen molar-refractivity contribution in [2.75, 3.05) is 16.0 Å². The van der Waals surface area contributed by atoms with Crippen molar-refractivity contribution in [1.82, 2.24) is 9.97 Å². The molecule has 3 N–H and O–H groups in total. The topological polar surface area (TPSA) is 105 Å². The summed E-state index contributed by atoms with van der Waals surface area (Å²) >= 11 is 6.35. The van der Waals surface area contributed by atoms with Gasteiger partial charge in [0.1, 0.15) is 10.8 Å². The number of anilines is 5. The number of halogens is 4. The van der Waals surface area contributed by atoms with Crippen molar-refractivity contribution >= 4 is 52.6 Å². The zero-order valence-corrected chi connectivity index (χ0v) is 22.5. The molecule has 1 aromatic heterocycles. The minimum Gasteiger partial charge on any atom is -0.481 e. The van der Waals surface area contributed by atoms with Crippen molar-refractivity contribution in [1.29, 1.82) is 0 Å². The number of para-hydroxylation sites is 1. The van der Waals surface area contributed by atoms with Gasteiger partial charge in [0.15, 0.2) is 11.9 Å². The average molecular weight is 584 g/mol. The molecule has 0 saturated heterocycles. The largest absolute Gasteiger partial charge is 0.481 e. The van der Waals surface area contributed by atoms with Crippen molar-refractivity contribution in [2.24, 2.45) is 0 Å². The second kappa shape index (κ2) is 13.1. The van der Waals surface area contributed by atoms with Crippen molar-refractivity contribution in [3.8, 4) is 5.75 Å². The van der Waals surface area contributed by atoms with Crippen LogP contribution in [0.4, 0.5) is 42.0 Å². The smallest absolute Gasteiger partial charge is 0.446 e. The second-order valence-corrected chi connectivity index (χ2v) is 9.35. The minimum absolute atomic E-state index is 0.214. The Bertz CT molecular complexity index is 1520. The van der Waals surface area contributed by atoms with Gasteiger partial charge in [-0.25, -0.2) is 4.98 Å². The molecule has 0 spiro atoms. The van der Waals surface area contributed by atoms with Crippen molar-refractivity contribution in [3.63, 3.8) is 0 Å². The van der Waals surface area contributed by atoms with E-state index in [4.69, 9.17) is 21.1 Å². The highest BCUT2D eigenvalue weighted by molar-refractivity contribution is 6.32. The molecule has 2 heterocycles. The molecule has 1 aliphatic rings. The Morgan fingerprint density at radius 2 is 1.76 bits per heavy atom. The summed E-state index contributed by atoms with van der Waals surface area (Å²) in [6.45, 7) is 1.74. The van der Waals surface area contributed by atoms with Gasteiger partial charge < -0.3 is 20.7 Å². The van der Waals surface area contributed by atoms with E-state index < -0.39 is 18.6 Å². The quantitative estimate of drug-likeness (QED) is 0.225. The Morgan fingerprint density at radius 1 is 1.02 bits per heavy atom. The van der Waals surface area contributed by atoms with E-state index in [9.17, 15) is 18.0 Å². The van der Waals surface area contributed by atoms with E-state index in [1.165, 1.54) is 0 Å². The average Bonchev–Trinajstić information content (AvgIpc) is 2.95. The molecule has 0 radical (unpaired) electrons. The third-order valence-corrected chi connectivity index (χ3v) is 6.06. The highest BCUT2D eigenvalue weighted by Crippen LogP contribution is 2.31. The van der Waals surface area contributed by atoms with Crippen LogP contribution in [-0.2, 0) is 22.4 Å². The number of carbonyl (C=O) groups excluding carboxylic acids is 2. The Kier molecular flexibility index (Phi) is 9.41. The molecular weight excluding hydrogens is 559 g/mol. The number of hydrogen-bond acceptors (Lipinski definition) is 7. The van der Waals surface area contributed by atoms with Gasteiger partial charge in [-0.2, -0.15) is 18.2 Å². The summed E-state index contributed by atoms with van der Waals surface area (Å²) in [6.07, 6.45) is -3.31. The molecule has 5 rings (SSSR count). The fraction of sp³-hybridized carbons (Fsp3) is 0.172. The van der Waals surface area contributed by atoms with E-state index in [1.54, 1.807) is 13.1 Å². The van der Waals surface area contributed by atoms with Gasteiger partial charge in [-0.05, 0) is 73.4 Å². The number of rotatable bonds is 4. The number of nitrogens with one attached hydrogen (secondary N) is 3. The molecule has 0 aliphatic carbocycles. The zero-order chi connectivity index (χ0) is 29.4. The molecule has 6 bridgehead atoms. The Morgan fingerprint density at radius 3 is 2.49 bits per heavy atom. The minimum atomic E-state index is -4.64. The maximum Gasteiger partial charge on any atom is 0.446 e. The van der Waals surface area contributed by atoms with Gasteiger partial charge in [-0.1, -0.05) is 41.9 Å². The summed E-state index contributed by atoms with van der Waals surface area (Å²) in [5, 5.41) is 9.81. The van der Waals surface area contributed by atoms with Crippen molar-refractivity contribution in [3.05, 3.63) is 95.1 Å². The summed E-state index contributed by atoms with van der Waals surface area (Å²) in [4.78, 5) is 30.2. The fourth-order valence-corrected chi connectivity index (χ4v) is 3.98. The van der Waals surface area contributed by atoms with Gasteiger partial charge in [-0.15, -0.1) is 0 Å². The number of carbonyl (C=O) groups is 2. The lowest BCUT2D eigenvalue weighted by Crippen LogP contribution is -2.30. The third-order valence-electron chi connectivity index (χ3n) is 5.78. The molecule has 212 valence electrons. The van der Waals surface area contributed by atoms with Gasteiger partial charge in [0, 0.05) is 17.1 Å². The van der Waals surface area contributed by atoms with Crippen molar-refractivity contribution < 1.29 is 27.5 Å². The first-order valence-electron chi connectivity index (χ1n) is 12.4. The van der Waals surface area contributed by atoms with E-state index in [0.29, 0.717) is 22.5 Å². The molecule has 0 fully saturated rings. The Hall–Kier alpha value is -4.64. The van der Waals surface area contributed by atoms with Crippen LogP contribution in [0, 0.1) is 0 Å². The van der Waals surface area contributed by atoms with Gasteiger partial charge in [0.25, 0.3) is 5.91 Å². The van der Waals surface area contributed by atoms with E-state index in [0.717, 1.165) is 41.0 Å². The number of nitrogens with zero attached hydrogens (tertiary/aromatic N) is 2. The molecule has 3 aromatic carbocycles. The number of aromatic nitrogens is 2.